The third-order valence-corrected chi connectivity index (χ3v) is 7.09. The second-order valence-corrected chi connectivity index (χ2v) is 10.6. The van der Waals surface area contributed by atoms with Crippen LogP contribution in [0, 0.1) is 0 Å². The van der Waals surface area contributed by atoms with Crippen molar-refractivity contribution in [3.8, 4) is 22.6 Å². The molecule has 2 aromatic heterocycles. The SMILES string of the molecule is CCCCCn1c(-c2ccc(C(=O)O)cc2)ccc1-c1cnc2c(n1)C(C)(C)CCC2(C)C. The molecule has 0 atom stereocenters. The molecule has 0 saturated carbocycles. The molecule has 0 unspecified atom stereocenters. The Morgan fingerprint density at radius 2 is 1.58 bits per heavy atom. The summed E-state index contributed by atoms with van der Waals surface area (Å²) in [6.07, 6.45) is 7.54. The second-order valence-electron chi connectivity index (χ2n) is 10.6. The smallest absolute Gasteiger partial charge is 0.335 e. The Bertz CT molecular complexity index is 1160. The summed E-state index contributed by atoms with van der Waals surface area (Å²) < 4.78 is 2.32. The zero-order valence-electron chi connectivity index (χ0n) is 20.5. The molecule has 0 fully saturated rings. The van der Waals surface area contributed by atoms with E-state index in [1.54, 1.807) is 12.1 Å². The second kappa shape index (κ2) is 8.77. The van der Waals surface area contributed by atoms with Gasteiger partial charge >= 0.3 is 5.97 Å². The van der Waals surface area contributed by atoms with Crippen molar-refractivity contribution < 1.29 is 9.90 Å². The van der Waals surface area contributed by atoms with Gasteiger partial charge in [-0.05, 0) is 49.1 Å². The van der Waals surface area contributed by atoms with Crippen molar-refractivity contribution in [1.29, 1.82) is 0 Å². The fraction of sp³-hybridized carbons (Fsp3) is 0.464. The number of fused-ring (bicyclic) bond motifs is 1. The topological polar surface area (TPSA) is 68.0 Å². The van der Waals surface area contributed by atoms with Crippen LogP contribution < -0.4 is 0 Å². The number of carboxylic acid groups (broad SMARTS) is 1. The van der Waals surface area contributed by atoms with E-state index in [0.29, 0.717) is 5.56 Å². The summed E-state index contributed by atoms with van der Waals surface area (Å²) in [6, 6.07) is 11.4. The number of unbranched alkanes of at least 4 members (excludes halogenated alkanes) is 2. The van der Waals surface area contributed by atoms with Gasteiger partial charge in [0.2, 0.25) is 0 Å². The van der Waals surface area contributed by atoms with Crippen LogP contribution in [-0.4, -0.2) is 25.6 Å². The minimum atomic E-state index is -0.907. The van der Waals surface area contributed by atoms with Gasteiger partial charge in [-0.1, -0.05) is 59.6 Å². The lowest BCUT2D eigenvalue weighted by atomic mass is 9.67. The minimum absolute atomic E-state index is 0.00297. The molecule has 2 heterocycles. The van der Waals surface area contributed by atoms with Crippen LogP contribution in [0.15, 0.2) is 42.6 Å². The molecule has 0 radical (unpaired) electrons. The zero-order valence-corrected chi connectivity index (χ0v) is 20.5. The molecular formula is C28H35N3O2. The Morgan fingerprint density at radius 1 is 0.939 bits per heavy atom. The number of aromatic carboxylic acids is 1. The fourth-order valence-corrected chi connectivity index (χ4v) is 4.83. The Labute approximate surface area is 196 Å². The Morgan fingerprint density at radius 3 is 2.21 bits per heavy atom. The first-order valence-electron chi connectivity index (χ1n) is 12.1. The van der Waals surface area contributed by atoms with E-state index in [1.807, 2.05) is 18.3 Å². The standard InChI is InChI=1S/C28H35N3O2/c1-6-7-8-17-31-22(19-9-11-20(12-10-19)26(32)33)13-14-23(31)21-18-29-24-25(30-21)28(4,5)16-15-27(24,2)3/h9-14,18H,6-8,15-17H2,1-5H3,(H,32,33). The number of rotatable bonds is 7. The van der Waals surface area contributed by atoms with E-state index in [4.69, 9.17) is 9.97 Å². The summed E-state index contributed by atoms with van der Waals surface area (Å²) in [5.41, 5.74) is 6.64. The number of aromatic nitrogens is 3. The first-order valence-corrected chi connectivity index (χ1v) is 12.1. The van der Waals surface area contributed by atoms with Crippen LogP contribution in [0.5, 0.6) is 0 Å². The van der Waals surface area contributed by atoms with E-state index >= 15 is 0 Å². The van der Waals surface area contributed by atoms with Crippen LogP contribution in [0.3, 0.4) is 0 Å². The van der Waals surface area contributed by atoms with Crippen LogP contribution >= 0.6 is 0 Å². The lowest BCUT2D eigenvalue weighted by Gasteiger charge is -2.39. The predicted molar refractivity (Wildman–Crippen MR) is 133 cm³/mol. The zero-order chi connectivity index (χ0) is 23.8. The first-order chi connectivity index (χ1) is 15.6. The molecule has 5 heteroatoms. The number of hydrogen-bond acceptors (Lipinski definition) is 3. The third kappa shape index (κ3) is 4.46. The van der Waals surface area contributed by atoms with E-state index in [9.17, 15) is 9.90 Å². The van der Waals surface area contributed by atoms with Crippen molar-refractivity contribution in [2.24, 2.45) is 0 Å². The molecular weight excluding hydrogens is 410 g/mol. The molecule has 1 aliphatic carbocycles. The summed E-state index contributed by atoms with van der Waals surface area (Å²) >= 11 is 0. The van der Waals surface area contributed by atoms with Crippen molar-refractivity contribution in [3.63, 3.8) is 0 Å². The van der Waals surface area contributed by atoms with Crippen molar-refractivity contribution in [2.75, 3.05) is 0 Å². The van der Waals surface area contributed by atoms with Gasteiger partial charge in [0.1, 0.15) is 5.69 Å². The van der Waals surface area contributed by atoms with Gasteiger partial charge in [-0.2, -0.15) is 0 Å². The minimum Gasteiger partial charge on any atom is -0.478 e. The maximum absolute atomic E-state index is 11.3. The van der Waals surface area contributed by atoms with Crippen molar-refractivity contribution in [3.05, 3.63) is 59.5 Å². The normalized spacial score (nSPS) is 16.4. The maximum atomic E-state index is 11.3. The van der Waals surface area contributed by atoms with Gasteiger partial charge in [0.15, 0.2) is 0 Å². The Balaban J connectivity index is 1.80. The van der Waals surface area contributed by atoms with E-state index in [-0.39, 0.29) is 10.8 Å². The van der Waals surface area contributed by atoms with E-state index in [1.165, 1.54) is 0 Å². The van der Waals surface area contributed by atoms with Crippen LogP contribution in [0.2, 0.25) is 0 Å². The van der Waals surface area contributed by atoms with Gasteiger partial charge in [0.25, 0.3) is 0 Å². The third-order valence-electron chi connectivity index (χ3n) is 7.09. The fourth-order valence-electron chi connectivity index (χ4n) is 4.83. The predicted octanol–water partition coefficient (Wildman–Crippen LogP) is 6.85. The van der Waals surface area contributed by atoms with Crippen molar-refractivity contribution in [2.45, 2.75) is 84.1 Å². The molecule has 4 rings (SSSR count). The van der Waals surface area contributed by atoms with Crippen LogP contribution in [0.4, 0.5) is 0 Å². The molecule has 3 aromatic rings. The molecule has 0 spiro atoms. The average Bonchev–Trinajstić information content (AvgIpc) is 3.21. The molecule has 174 valence electrons. The highest BCUT2D eigenvalue weighted by atomic mass is 16.4. The lowest BCUT2D eigenvalue weighted by molar-refractivity contribution is 0.0697. The highest BCUT2D eigenvalue weighted by Gasteiger charge is 2.39. The van der Waals surface area contributed by atoms with Crippen molar-refractivity contribution >= 4 is 5.97 Å². The molecule has 0 aliphatic heterocycles. The summed E-state index contributed by atoms with van der Waals surface area (Å²) in [7, 11) is 0. The van der Waals surface area contributed by atoms with Gasteiger partial charge in [-0.25, -0.2) is 9.78 Å². The van der Waals surface area contributed by atoms with Crippen molar-refractivity contribution in [1.82, 2.24) is 14.5 Å². The summed E-state index contributed by atoms with van der Waals surface area (Å²) in [5, 5.41) is 9.25. The lowest BCUT2D eigenvalue weighted by Crippen LogP contribution is -2.36. The maximum Gasteiger partial charge on any atom is 0.335 e. The number of carbonyl (C=O) groups is 1. The first kappa shape index (κ1) is 23.2. The highest BCUT2D eigenvalue weighted by Crippen LogP contribution is 2.44. The van der Waals surface area contributed by atoms with Crippen LogP contribution in [-0.2, 0) is 17.4 Å². The van der Waals surface area contributed by atoms with Gasteiger partial charge in [0, 0.05) is 23.1 Å². The van der Waals surface area contributed by atoms with E-state index < -0.39 is 5.97 Å². The molecule has 0 saturated heterocycles. The van der Waals surface area contributed by atoms with Gasteiger partial charge < -0.3 is 9.67 Å². The highest BCUT2D eigenvalue weighted by molar-refractivity contribution is 5.88. The Hall–Kier alpha value is -2.95. The van der Waals surface area contributed by atoms with E-state index in [2.05, 4.69) is 51.3 Å². The molecule has 0 amide bonds. The summed E-state index contributed by atoms with van der Waals surface area (Å²) in [4.78, 5) is 21.4. The number of hydrogen-bond donors (Lipinski definition) is 1. The van der Waals surface area contributed by atoms with Gasteiger partial charge in [-0.15, -0.1) is 0 Å². The summed E-state index contributed by atoms with van der Waals surface area (Å²) in [6.45, 7) is 12.2. The number of benzene rings is 1. The average molecular weight is 446 g/mol. The van der Waals surface area contributed by atoms with Gasteiger partial charge in [0.05, 0.1) is 28.8 Å². The number of carboxylic acids is 1. The molecule has 1 N–H and O–H groups in total. The molecule has 1 aromatic carbocycles. The number of nitrogens with zero attached hydrogens (tertiary/aromatic N) is 3. The monoisotopic (exact) mass is 445 g/mol. The Kier molecular flexibility index (Phi) is 6.17. The quantitative estimate of drug-likeness (QED) is 0.404. The molecule has 33 heavy (non-hydrogen) atoms. The molecule has 1 aliphatic rings. The van der Waals surface area contributed by atoms with Crippen LogP contribution in [0.1, 0.15) is 88.5 Å². The van der Waals surface area contributed by atoms with E-state index in [0.717, 1.165) is 72.7 Å². The summed E-state index contributed by atoms with van der Waals surface area (Å²) in [5.74, 6) is -0.907. The van der Waals surface area contributed by atoms with Crippen LogP contribution in [0.25, 0.3) is 22.6 Å². The molecule has 0 bridgehead atoms. The largest absolute Gasteiger partial charge is 0.478 e. The van der Waals surface area contributed by atoms with Gasteiger partial charge in [-0.3, -0.25) is 4.98 Å². The molecule has 5 nitrogen and oxygen atoms in total.